The zero-order valence-corrected chi connectivity index (χ0v) is 14.7. The summed E-state index contributed by atoms with van der Waals surface area (Å²) in [6.07, 6.45) is 6.87. The van der Waals surface area contributed by atoms with Gasteiger partial charge in [0.15, 0.2) is 0 Å². The largest absolute Gasteiger partial charge is 0.508 e. The summed E-state index contributed by atoms with van der Waals surface area (Å²) in [5.74, 6) is 0.851. The highest BCUT2D eigenvalue weighted by Crippen LogP contribution is 2.29. The van der Waals surface area contributed by atoms with Gasteiger partial charge in [0.2, 0.25) is 0 Å². The Balaban J connectivity index is 2.49. The van der Waals surface area contributed by atoms with Crippen molar-refractivity contribution >= 4 is 10.9 Å². The van der Waals surface area contributed by atoms with Crippen LogP contribution in [-0.4, -0.2) is 10.1 Å². The van der Waals surface area contributed by atoms with Gasteiger partial charge in [0, 0.05) is 17.6 Å². The number of benzene rings is 1. The van der Waals surface area contributed by atoms with E-state index in [9.17, 15) is 5.11 Å². The lowest BCUT2D eigenvalue weighted by Gasteiger charge is -2.17. The number of phenolic OH excluding ortho intramolecular Hbond substituents is 1. The summed E-state index contributed by atoms with van der Waals surface area (Å²) in [5.41, 5.74) is 10.7. The van der Waals surface area contributed by atoms with Gasteiger partial charge in [0.25, 0.3) is 0 Å². The molecule has 0 aliphatic rings. The topological polar surface area (TPSA) is 59.1 Å². The van der Waals surface area contributed by atoms with Crippen LogP contribution in [0.15, 0.2) is 18.2 Å². The third-order valence-electron chi connectivity index (χ3n) is 4.36. The Labute approximate surface area is 139 Å². The molecule has 1 heterocycles. The van der Waals surface area contributed by atoms with Gasteiger partial charge >= 0.3 is 0 Å². The van der Waals surface area contributed by atoms with E-state index in [1.165, 1.54) is 30.4 Å². The Morgan fingerprint density at radius 2 is 1.91 bits per heavy atom. The summed E-state index contributed by atoms with van der Waals surface area (Å²) < 4.78 is 0. The molecule has 0 bridgehead atoms. The molecule has 0 saturated carbocycles. The Bertz CT molecular complexity index is 650. The quantitative estimate of drug-likeness (QED) is 0.693. The van der Waals surface area contributed by atoms with Gasteiger partial charge in [-0.3, -0.25) is 4.98 Å². The third kappa shape index (κ3) is 4.44. The van der Waals surface area contributed by atoms with Gasteiger partial charge in [-0.1, -0.05) is 40.0 Å². The number of unbranched alkanes of at least 4 members (excludes halogenated alkanes) is 3. The van der Waals surface area contributed by atoms with E-state index >= 15 is 0 Å². The van der Waals surface area contributed by atoms with Gasteiger partial charge in [-0.05, 0) is 54.5 Å². The fraction of sp³-hybridized carbons (Fsp3) is 0.550. The molecule has 0 aliphatic carbocycles. The fourth-order valence-corrected chi connectivity index (χ4v) is 3.22. The van der Waals surface area contributed by atoms with Crippen molar-refractivity contribution in [1.82, 2.24) is 4.98 Å². The van der Waals surface area contributed by atoms with Crippen molar-refractivity contribution in [3.8, 4) is 5.75 Å². The van der Waals surface area contributed by atoms with E-state index in [0.29, 0.717) is 18.2 Å². The van der Waals surface area contributed by atoms with Crippen LogP contribution >= 0.6 is 0 Å². The zero-order chi connectivity index (χ0) is 16.8. The van der Waals surface area contributed by atoms with Crippen LogP contribution in [-0.2, 0) is 19.4 Å². The second-order valence-corrected chi connectivity index (χ2v) is 6.83. The minimum absolute atomic E-state index is 0.300. The van der Waals surface area contributed by atoms with Gasteiger partial charge in [-0.2, -0.15) is 0 Å². The highest BCUT2D eigenvalue weighted by atomic mass is 16.3. The minimum atomic E-state index is 0.300. The first-order chi connectivity index (χ1) is 11.1. The van der Waals surface area contributed by atoms with Gasteiger partial charge in [-0.15, -0.1) is 0 Å². The van der Waals surface area contributed by atoms with Crippen LogP contribution in [0.4, 0.5) is 0 Å². The molecule has 23 heavy (non-hydrogen) atoms. The first-order valence-corrected chi connectivity index (χ1v) is 8.90. The summed E-state index contributed by atoms with van der Waals surface area (Å²) in [6.45, 7) is 7.17. The van der Waals surface area contributed by atoms with Gasteiger partial charge in [0.1, 0.15) is 5.75 Å². The van der Waals surface area contributed by atoms with Crippen molar-refractivity contribution in [3.05, 3.63) is 35.0 Å². The molecule has 126 valence electrons. The molecule has 0 saturated heterocycles. The molecule has 0 atom stereocenters. The predicted octanol–water partition coefficient (Wildman–Crippen LogP) is 4.72. The number of aromatic nitrogens is 1. The van der Waals surface area contributed by atoms with Gasteiger partial charge < -0.3 is 10.8 Å². The summed E-state index contributed by atoms with van der Waals surface area (Å²) in [6, 6.07) is 5.48. The van der Waals surface area contributed by atoms with E-state index in [4.69, 9.17) is 10.7 Å². The SMILES string of the molecule is CCCCCCc1c(CN)c(CC(C)C)nc2ccc(O)cc12. The molecule has 1 aromatic heterocycles. The molecule has 1 aromatic carbocycles. The van der Waals surface area contributed by atoms with Crippen LogP contribution in [0.3, 0.4) is 0 Å². The number of phenols is 1. The van der Waals surface area contributed by atoms with Crippen molar-refractivity contribution < 1.29 is 5.11 Å². The molecular formula is C20H30N2O. The third-order valence-corrected chi connectivity index (χ3v) is 4.36. The molecule has 2 rings (SSSR count). The first kappa shape index (κ1) is 17.7. The van der Waals surface area contributed by atoms with Gasteiger partial charge in [-0.25, -0.2) is 0 Å². The van der Waals surface area contributed by atoms with Crippen molar-refractivity contribution in [2.75, 3.05) is 0 Å². The number of fused-ring (bicyclic) bond motifs is 1. The second-order valence-electron chi connectivity index (χ2n) is 6.83. The second kappa shape index (κ2) is 8.30. The molecular weight excluding hydrogens is 284 g/mol. The van der Waals surface area contributed by atoms with Crippen LogP contribution in [0.5, 0.6) is 5.75 Å². The van der Waals surface area contributed by atoms with Crippen LogP contribution in [0.2, 0.25) is 0 Å². The van der Waals surface area contributed by atoms with Crippen molar-refractivity contribution in [1.29, 1.82) is 0 Å². The van der Waals surface area contributed by atoms with Crippen LogP contribution in [0, 0.1) is 5.92 Å². The molecule has 0 fully saturated rings. The molecule has 3 nitrogen and oxygen atoms in total. The van der Waals surface area contributed by atoms with Crippen LogP contribution in [0.25, 0.3) is 10.9 Å². The molecule has 0 radical (unpaired) electrons. The summed E-state index contributed by atoms with van der Waals surface area (Å²) in [7, 11) is 0. The van der Waals surface area contributed by atoms with Crippen molar-refractivity contribution in [2.24, 2.45) is 11.7 Å². The number of aryl methyl sites for hydroxylation is 1. The Morgan fingerprint density at radius 1 is 1.13 bits per heavy atom. The lowest BCUT2D eigenvalue weighted by atomic mass is 9.92. The number of nitrogens with two attached hydrogens (primary N) is 1. The number of aromatic hydroxyl groups is 1. The highest BCUT2D eigenvalue weighted by molar-refractivity contribution is 5.85. The van der Waals surface area contributed by atoms with Crippen LogP contribution < -0.4 is 5.73 Å². The molecule has 0 unspecified atom stereocenters. The number of hydrogen-bond acceptors (Lipinski definition) is 3. The maximum absolute atomic E-state index is 9.88. The maximum Gasteiger partial charge on any atom is 0.116 e. The summed E-state index contributed by atoms with van der Waals surface area (Å²) >= 11 is 0. The Hall–Kier alpha value is -1.61. The number of pyridine rings is 1. The first-order valence-electron chi connectivity index (χ1n) is 8.90. The van der Waals surface area contributed by atoms with Gasteiger partial charge in [0.05, 0.1) is 5.52 Å². The number of rotatable bonds is 8. The van der Waals surface area contributed by atoms with E-state index in [-0.39, 0.29) is 0 Å². The monoisotopic (exact) mass is 314 g/mol. The van der Waals surface area contributed by atoms with E-state index in [1.54, 1.807) is 6.07 Å². The molecule has 0 aliphatic heterocycles. The summed E-state index contributed by atoms with van der Waals surface area (Å²) in [4.78, 5) is 4.84. The molecule has 3 heteroatoms. The normalized spacial score (nSPS) is 11.5. The smallest absolute Gasteiger partial charge is 0.116 e. The van der Waals surface area contributed by atoms with Crippen molar-refractivity contribution in [3.63, 3.8) is 0 Å². The molecule has 0 amide bonds. The average Bonchev–Trinajstić information content (AvgIpc) is 2.51. The lowest BCUT2D eigenvalue weighted by Crippen LogP contribution is -2.11. The van der Waals surface area contributed by atoms with E-state index < -0.39 is 0 Å². The zero-order valence-electron chi connectivity index (χ0n) is 14.7. The minimum Gasteiger partial charge on any atom is -0.508 e. The van der Waals surface area contributed by atoms with E-state index in [2.05, 4.69) is 20.8 Å². The standard InChI is InChI=1S/C20H30N2O/c1-4-5-6-7-8-16-17-12-15(23)9-10-19(17)22-20(11-14(2)3)18(16)13-21/h9-10,12,14,23H,4-8,11,13,21H2,1-3H3. The van der Waals surface area contributed by atoms with Crippen LogP contribution in [0.1, 0.15) is 63.3 Å². The Morgan fingerprint density at radius 3 is 2.57 bits per heavy atom. The van der Waals surface area contributed by atoms with E-state index in [0.717, 1.165) is 35.9 Å². The highest BCUT2D eigenvalue weighted by Gasteiger charge is 2.15. The van der Waals surface area contributed by atoms with E-state index in [1.807, 2.05) is 12.1 Å². The lowest BCUT2D eigenvalue weighted by molar-refractivity contribution is 0.476. The average molecular weight is 314 g/mol. The Kier molecular flexibility index (Phi) is 6.40. The number of hydrogen-bond donors (Lipinski definition) is 2. The fourth-order valence-electron chi connectivity index (χ4n) is 3.22. The predicted molar refractivity (Wildman–Crippen MR) is 97.7 cm³/mol. The number of nitrogens with zero attached hydrogens (tertiary/aromatic N) is 1. The van der Waals surface area contributed by atoms with Crippen molar-refractivity contribution in [2.45, 2.75) is 65.8 Å². The molecule has 2 aromatic rings. The molecule has 3 N–H and O–H groups in total. The summed E-state index contributed by atoms with van der Waals surface area (Å²) in [5, 5.41) is 10.9. The maximum atomic E-state index is 9.88. The molecule has 0 spiro atoms.